The van der Waals surface area contributed by atoms with E-state index in [9.17, 15) is 18.0 Å². The van der Waals surface area contributed by atoms with Crippen LogP contribution in [0.1, 0.15) is 29.0 Å². The van der Waals surface area contributed by atoms with Gasteiger partial charge in [0, 0.05) is 25.5 Å². The van der Waals surface area contributed by atoms with Gasteiger partial charge >= 0.3 is 6.18 Å². The molecular weight excluding hydrogens is 363 g/mol. The lowest BCUT2D eigenvalue weighted by Gasteiger charge is -2.14. The number of carbonyl (C=O) groups excluding carboxylic acids is 1. The summed E-state index contributed by atoms with van der Waals surface area (Å²) in [6.07, 6.45) is -1.46. The SMILES string of the molecule is CC(NC(=O)c1nn(C)c2ncccc12)c1ccc(OCC(F)(F)F)nc1. The van der Waals surface area contributed by atoms with Crippen LogP contribution in [-0.4, -0.2) is 38.4 Å². The van der Waals surface area contributed by atoms with E-state index >= 15 is 0 Å². The molecule has 1 unspecified atom stereocenters. The van der Waals surface area contributed by atoms with E-state index in [1.54, 1.807) is 38.4 Å². The van der Waals surface area contributed by atoms with E-state index in [1.807, 2.05) is 0 Å². The van der Waals surface area contributed by atoms with Gasteiger partial charge in [0.2, 0.25) is 5.88 Å². The molecule has 0 spiro atoms. The maximum atomic E-state index is 12.6. The zero-order valence-corrected chi connectivity index (χ0v) is 14.5. The first-order valence-corrected chi connectivity index (χ1v) is 7.98. The van der Waals surface area contributed by atoms with Gasteiger partial charge in [-0.3, -0.25) is 4.79 Å². The molecule has 1 amide bonds. The molecule has 0 radical (unpaired) electrons. The van der Waals surface area contributed by atoms with Gasteiger partial charge in [0.25, 0.3) is 5.91 Å². The van der Waals surface area contributed by atoms with Gasteiger partial charge in [0.15, 0.2) is 17.9 Å². The molecule has 0 saturated heterocycles. The normalized spacial score (nSPS) is 12.8. The second-order valence-corrected chi connectivity index (χ2v) is 5.88. The highest BCUT2D eigenvalue weighted by Crippen LogP contribution is 2.20. The Morgan fingerprint density at radius 1 is 1.30 bits per heavy atom. The number of carbonyl (C=O) groups is 1. The molecule has 0 aliphatic rings. The minimum atomic E-state index is -4.43. The summed E-state index contributed by atoms with van der Waals surface area (Å²) in [6, 6.07) is 5.90. The van der Waals surface area contributed by atoms with Crippen molar-refractivity contribution < 1.29 is 22.7 Å². The van der Waals surface area contributed by atoms with Crippen LogP contribution < -0.4 is 10.1 Å². The van der Waals surface area contributed by atoms with Crippen LogP contribution in [0.15, 0.2) is 36.7 Å². The van der Waals surface area contributed by atoms with Gasteiger partial charge in [-0.25, -0.2) is 14.6 Å². The van der Waals surface area contributed by atoms with Gasteiger partial charge in [-0.05, 0) is 24.6 Å². The number of fused-ring (bicyclic) bond motifs is 1. The molecule has 0 aliphatic heterocycles. The molecule has 3 rings (SSSR count). The van der Waals surface area contributed by atoms with E-state index in [-0.39, 0.29) is 11.6 Å². The van der Waals surface area contributed by atoms with E-state index in [2.05, 4.69) is 25.1 Å². The fourth-order valence-electron chi connectivity index (χ4n) is 2.50. The monoisotopic (exact) mass is 379 g/mol. The number of nitrogens with one attached hydrogen (secondary N) is 1. The fourth-order valence-corrected chi connectivity index (χ4v) is 2.50. The Morgan fingerprint density at radius 3 is 2.74 bits per heavy atom. The number of alkyl halides is 3. The van der Waals surface area contributed by atoms with Crippen molar-refractivity contribution in [3.63, 3.8) is 0 Å². The van der Waals surface area contributed by atoms with Crippen molar-refractivity contribution in [2.75, 3.05) is 6.61 Å². The Hall–Kier alpha value is -3.17. The molecule has 1 N–H and O–H groups in total. The van der Waals surface area contributed by atoms with Crippen molar-refractivity contribution in [2.45, 2.75) is 19.1 Å². The first kappa shape index (κ1) is 18.6. The van der Waals surface area contributed by atoms with Crippen molar-refractivity contribution in [2.24, 2.45) is 7.05 Å². The lowest BCUT2D eigenvalue weighted by molar-refractivity contribution is -0.154. The second-order valence-electron chi connectivity index (χ2n) is 5.88. The summed E-state index contributed by atoms with van der Waals surface area (Å²) < 4.78 is 42.5. The molecule has 3 aromatic rings. The quantitative estimate of drug-likeness (QED) is 0.737. The summed E-state index contributed by atoms with van der Waals surface area (Å²) in [6.45, 7) is 0.320. The summed E-state index contributed by atoms with van der Waals surface area (Å²) in [5.74, 6) is -0.533. The number of aryl methyl sites for hydroxylation is 1. The number of aromatic nitrogens is 4. The number of halogens is 3. The van der Waals surface area contributed by atoms with Crippen molar-refractivity contribution in [3.8, 4) is 5.88 Å². The summed E-state index contributed by atoms with van der Waals surface area (Å²) in [5, 5.41) is 7.61. The summed E-state index contributed by atoms with van der Waals surface area (Å²) in [4.78, 5) is 20.6. The highest BCUT2D eigenvalue weighted by Gasteiger charge is 2.28. The largest absolute Gasteiger partial charge is 0.468 e. The van der Waals surface area contributed by atoms with Crippen molar-refractivity contribution in [1.29, 1.82) is 0 Å². The third-order valence-corrected chi connectivity index (χ3v) is 3.80. The Bertz CT molecular complexity index is 953. The van der Waals surface area contributed by atoms with Crippen molar-refractivity contribution >= 4 is 16.9 Å². The van der Waals surface area contributed by atoms with Crippen LogP contribution in [-0.2, 0) is 7.05 Å². The standard InChI is InChI=1S/C17H16F3N5O2/c1-10(11-5-6-13(22-8-11)27-9-17(18,19)20)23-16(26)14-12-4-3-7-21-15(12)25(2)24-14/h3-8,10H,9H2,1-2H3,(H,23,26). The number of nitrogens with zero attached hydrogens (tertiary/aromatic N) is 4. The van der Waals surface area contributed by atoms with Crippen LogP contribution in [0.2, 0.25) is 0 Å². The first-order chi connectivity index (χ1) is 12.7. The predicted octanol–water partition coefficient (Wildman–Crippen LogP) is 2.80. The van der Waals surface area contributed by atoms with Crippen LogP contribution in [0.5, 0.6) is 5.88 Å². The van der Waals surface area contributed by atoms with Crippen LogP contribution in [0.3, 0.4) is 0 Å². The lowest BCUT2D eigenvalue weighted by atomic mass is 10.1. The Labute approximate surface area is 152 Å². The molecule has 0 aromatic carbocycles. The Kier molecular flexibility index (Phi) is 4.98. The number of pyridine rings is 2. The summed E-state index contributed by atoms with van der Waals surface area (Å²) >= 11 is 0. The highest BCUT2D eigenvalue weighted by atomic mass is 19.4. The van der Waals surface area contributed by atoms with Crippen molar-refractivity contribution in [1.82, 2.24) is 25.1 Å². The Morgan fingerprint density at radius 2 is 2.07 bits per heavy atom. The minimum Gasteiger partial charge on any atom is -0.468 e. The van der Waals surface area contributed by atoms with Gasteiger partial charge in [-0.1, -0.05) is 6.07 Å². The predicted molar refractivity (Wildman–Crippen MR) is 90.2 cm³/mol. The number of hydrogen-bond donors (Lipinski definition) is 1. The van der Waals surface area contributed by atoms with E-state index in [0.29, 0.717) is 16.6 Å². The summed E-state index contributed by atoms with van der Waals surface area (Å²) in [5.41, 5.74) is 1.44. The maximum Gasteiger partial charge on any atom is 0.422 e. The molecule has 3 aromatic heterocycles. The minimum absolute atomic E-state index is 0.142. The average molecular weight is 379 g/mol. The molecule has 0 bridgehead atoms. The number of rotatable bonds is 5. The topological polar surface area (TPSA) is 81.9 Å². The van der Waals surface area contributed by atoms with Gasteiger partial charge in [0.05, 0.1) is 11.4 Å². The highest BCUT2D eigenvalue weighted by molar-refractivity contribution is 6.04. The maximum absolute atomic E-state index is 12.6. The van der Waals surface area contributed by atoms with Crippen molar-refractivity contribution in [3.05, 3.63) is 47.9 Å². The Balaban J connectivity index is 1.69. The lowest BCUT2D eigenvalue weighted by Crippen LogP contribution is -2.27. The molecule has 0 fully saturated rings. The third kappa shape index (κ3) is 4.33. The molecule has 3 heterocycles. The molecular formula is C17H16F3N5O2. The third-order valence-electron chi connectivity index (χ3n) is 3.80. The molecule has 7 nitrogen and oxygen atoms in total. The fraction of sp³-hybridized carbons (Fsp3) is 0.294. The molecule has 142 valence electrons. The molecule has 27 heavy (non-hydrogen) atoms. The van der Waals surface area contributed by atoms with Crippen LogP contribution in [0, 0.1) is 0 Å². The van der Waals surface area contributed by atoms with Gasteiger partial charge in [-0.15, -0.1) is 0 Å². The average Bonchev–Trinajstić information content (AvgIpc) is 2.97. The molecule has 1 atom stereocenters. The van der Waals surface area contributed by atoms with E-state index in [0.717, 1.165) is 0 Å². The van der Waals surface area contributed by atoms with Gasteiger partial charge < -0.3 is 10.1 Å². The van der Waals surface area contributed by atoms with Crippen LogP contribution in [0.25, 0.3) is 11.0 Å². The zero-order valence-electron chi connectivity index (χ0n) is 14.5. The summed E-state index contributed by atoms with van der Waals surface area (Å²) in [7, 11) is 1.69. The smallest absolute Gasteiger partial charge is 0.422 e. The van der Waals surface area contributed by atoms with Gasteiger partial charge in [-0.2, -0.15) is 18.3 Å². The molecule has 0 saturated carbocycles. The van der Waals surface area contributed by atoms with E-state index in [4.69, 9.17) is 0 Å². The second kappa shape index (κ2) is 7.22. The van der Waals surface area contributed by atoms with Crippen LogP contribution >= 0.6 is 0 Å². The van der Waals surface area contributed by atoms with E-state index < -0.39 is 24.7 Å². The number of hydrogen-bond acceptors (Lipinski definition) is 5. The molecule has 10 heteroatoms. The first-order valence-electron chi connectivity index (χ1n) is 7.98. The molecule has 0 aliphatic carbocycles. The van der Waals surface area contributed by atoms with Crippen LogP contribution in [0.4, 0.5) is 13.2 Å². The van der Waals surface area contributed by atoms with E-state index in [1.165, 1.54) is 16.9 Å². The number of amides is 1. The zero-order chi connectivity index (χ0) is 19.6. The number of ether oxygens (including phenoxy) is 1. The van der Waals surface area contributed by atoms with Gasteiger partial charge in [0.1, 0.15) is 0 Å².